The fourth-order valence-electron chi connectivity index (χ4n) is 3.61. The second-order valence-electron chi connectivity index (χ2n) is 7.35. The number of aryl methyl sites for hydroxylation is 1. The number of nitrogens with one attached hydrogen (secondary N) is 2. The molecule has 0 aliphatic carbocycles. The lowest BCUT2D eigenvalue weighted by Gasteiger charge is -2.16. The number of rotatable bonds is 7. The number of hydrogen-bond acceptors (Lipinski definition) is 5. The molecular formula is C25H24N4O4. The van der Waals surface area contributed by atoms with Crippen LogP contribution in [0.5, 0.6) is 11.5 Å². The van der Waals surface area contributed by atoms with Gasteiger partial charge in [0.05, 0.1) is 36.6 Å². The predicted octanol–water partition coefficient (Wildman–Crippen LogP) is 4.25. The number of para-hydroxylation sites is 2. The summed E-state index contributed by atoms with van der Waals surface area (Å²) in [5, 5.41) is 5.70. The number of carbonyl (C=O) groups excluding carboxylic acids is 2. The first-order valence-electron chi connectivity index (χ1n) is 10.3. The van der Waals surface area contributed by atoms with Crippen molar-refractivity contribution in [1.82, 2.24) is 9.55 Å². The molecule has 2 amide bonds. The van der Waals surface area contributed by atoms with Crippen LogP contribution in [0.25, 0.3) is 11.0 Å². The van der Waals surface area contributed by atoms with Crippen LogP contribution in [0.3, 0.4) is 0 Å². The van der Waals surface area contributed by atoms with E-state index in [1.807, 2.05) is 41.8 Å². The van der Waals surface area contributed by atoms with Gasteiger partial charge in [-0.3, -0.25) is 9.59 Å². The van der Waals surface area contributed by atoms with E-state index in [0.29, 0.717) is 28.4 Å². The SMILES string of the molecule is COc1cc(NC(=O)c2ccccc2)c(OC)cc1NC(=O)Cn1c(C)nc2ccccc21. The van der Waals surface area contributed by atoms with Gasteiger partial charge < -0.3 is 24.7 Å². The zero-order valence-corrected chi connectivity index (χ0v) is 18.6. The van der Waals surface area contributed by atoms with Crippen molar-refractivity contribution < 1.29 is 19.1 Å². The summed E-state index contributed by atoms with van der Waals surface area (Å²) in [6.07, 6.45) is 0. The number of anilines is 2. The highest BCUT2D eigenvalue weighted by Crippen LogP contribution is 2.36. The number of ether oxygens (including phenoxy) is 2. The Hall–Kier alpha value is -4.33. The summed E-state index contributed by atoms with van der Waals surface area (Å²) in [5.74, 6) is 0.993. The molecule has 0 radical (unpaired) electrons. The van der Waals surface area contributed by atoms with Crippen molar-refractivity contribution in [3.05, 3.63) is 78.1 Å². The molecule has 8 heteroatoms. The van der Waals surface area contributed by atoms with Crippen LogP contribution in [0.1, 0.15) is 16.2 Å². The van der Waals surface area contributed by atoms with Crippen LogP contribution in [-0.4, -0.2) is 35.6 Å². The van der Waals surface area contributed by atoms with Gasteiger partial charge in [-0.1, -0.05) is 30.3 Å². The van der Waals surface area contributed by atoms with Crippen LogP contribution in [0.4, 0.5) is 11.4 Å². The standard InChI is InChI=1S/C25H24N4O4/c1-16-26-18-11-7-8-12-21(18)29(16)15-24(30)27-19-13-23(33-3)20(14-22(19)32-2)28-25(31)17-9-5-4-6-10-17/h4-14H,15H2,1-3H3,(H,27,30)(H,28,31). The summed E-state index contributed by atoms with van der Waals surface area (Å²) in [7, 11) is 2.99. The van der Waals surface area contributed by atoms with Crippen molar-refractivity contribution in [3.8, 4) is 11.5 Å². The number of imidazole rings is 1. The largest absolute Gasteiger partial charge is 0.494 e. The number of amides is 2. The molecule has 1 heterocycles. The first kappa shape index (κ1) is 21.9. The van der Waals surface area contributed by atoms with Gasteiger partial charge in [0.2, 0.25) is 5.91 Å². The molecule has 4 aromatic rings. The van der Waals surface area contributed by atoms with Gasteiger partial charge in [0.25, 0.3) is 5.91 Å². The minimum atomic E-state index is -0.282. The lowest BCUT2D eigenvalue weighted by atomic mass is 10.2. The van der Waals surface area contributed by atoms with Gasteiger partial charge in [-0.2, -0.15) is 0 Å². The third-order valence-electron chi connectivity index (χ3n) is 5.23. The van der Waals surface area contributed by atoms with E-state index in [0.717, 1.165) is 16.9 Å². The van der Waals surface area contributed by atoms with Crippen molar-refractivity contribution in [1.29, 1.82) is 0 Å². The molecule has 0 bridgehead atoms. The molecule has 0 aliphatic heterocycles. The summed E-state index contributed by atoms with van der Waals surface area (Å²) in [6.45, 7) is 1.95. The minimum Gasteiger partial charge on any atom is -0.494 e. The average Bonchev–Trinajstić information content (AvgIpc) is 3.15. The first-order valence-corrected chi connectivity index (χ1v) is 10.3. The molecule has 4 rings (SSSR count). The van der Waals surface area contributed by atoms with Crippen molar-refractivity contribution in [2.24, 2.45) is 0 Å². The van der Waals surface area contributed by atoms with Gasteiger partial charge in [-0.25, -0.2) is 4.98 Å². The van der Waals surface area contributed by atoms with Gasteiger partial charge in [0, 0.05) is 17.7 Å². The maximum absolute atomic E-state index is 12.9. The first-order chi connectivity index (χ1) is 16.0. The lowest BCUT2D eigenvalue weighted by molar-refractivity contribution is -0.116. The topological polar surface area (TPSA) is 94.5 Å². The molecule has 33 heavy (non-hydrogen) atoms. The van der Waals surface area contributed by atoms with E-state index >= 15 is 0 Å². The van der Waals surface area contributed by atoms with E-state index in [1.165, 1.54) is 14.2 Å². The Kier molecular flexibility index (Phi) is 6.26. The molecule has 3 aromatic carbocycles. The second-order valence-corrected chi connectivity index (χ2v) is 7.35. The summed E-state index contributed by atoms with van der Waals surface area (Å²) in [6, 6.07) is 19.7. The maximum atomic E-state index is 12.9. The monoisotopic (exact) mass is 444 g/mol. The van der Waals surface area contributed by atoms with Crippen LogP contribution >= 0.6 is 0 Å². The molecule has 0 spiro atoms. The van der Waals surface area contributed by atoms with E-state index < -0.39 is 0 Å². The van der Waals surface area contributed by atoms with Crippen LogP contribution in [0, 0.1) is 6.92 Å². The smallest absolute Gasteiger partial charge is 0.255 e. The average molecular weight is 444 g/mol. The van der Waals surface area contributed by atoms with E-state index in [9.17, 15) is 9.59 Å². The van der Waals surface area contributed by atoms with Gasteiger partial charge in [-0.05, 0) is 31.2 Å². The molecular weight excluding hydrogens is 420 g/mol. The summed E-state index contributed by atoms with van der Waals surface area (Å²) in [4.78, 5) is 29.9. The van der Waals surface area contributed by atoms with E-state index in [2.05, 4.69) is 15.6 Å². The summed E-state index contributed by atoms with van der Waals surface area (Å²) in [5.41, 5.74) is 3.09. The van der Waals surface area contributed by atoms with Gasteiger partial charge >= 0.3 is 0 Å². The molecule has 168 valence electrons. The van der Waals surface area contributed by atoms with Crippen LogP contribution in [0.2, 0.25) is 0 Å². The maximum Gasteiger partial charge on any atom is 0.255 e. The molecule has 0 fully saturated rings. The fraction of sp³-hybridized carbons (Fsp3) is 0.160. The third-order valence-corrected chi connectivity index (χ3v) is 5.23. The number of hydrogen-bond donors (Lipinski definition) is 2. The highest BCUT2D eigenvalue weighted by Gasteiger charge is 2.17. The third kappa shape index (κ3) is 4.64. The summed E-state index contributed by atoms with van der Waals surface area (Å²) < 4.78 is 12.8. The molecule has 1 aromatic heterocycles. The zero-order chi connectivity index (χ0) is 23.4. The predicted molar refractivity (Wildman–Crippen MR) is 127 cm³/mol. The molecule has 0 saturated heterocycles. The Balaban J connectivity index is 1.56. The van der Waals surface area contributed by atoms with Crippen molar-refractivity contribution in [2.45, 2.75) is 13.5 Å². The number of fused-ring (bicyclic) bond motifs is 1. The van der Waals surface area contributed by atoms with Gasteiger partial charge in [-0.15, -0.1) is 0 Å². The second kappa shape index (κ2) is 9.44. The molecule has 0 aliphatic rings. The number of methoxy groups -OCH3 is 2. The normalized spacial score (nSPS) is 10.6. The van der Waals surface area contributed by atoms with Crippen LogP contribution < -0.4 is 20.1 Å². The van der Waals surface area contributed by atoms with Gasteiger partial charge in [0.1, 0.15) is 23.9 Å². The van der Waals surface area contributed by atoms with E-state index in [4.69, 9.17) is 9.47 Å². The van der Waals surface area contributed by atoms with E-state index in [1.54, 1.807) is 36.4 Å². The van der Waals surface area contributed by atoms with Crippen LogP contribution in [0.15, 0.2) is 66.7 Å². The highest BCUT2D eigenvalue weighted by molar-refractivity contribution is 6.05. The fourth-order valence-corrected chi connectivity index (χ4v) is 3.61. The van der Waals surface area contributed by atoms with E-state index in [-0.39, 0.29) is 18.4 Å². The lowest BCUT2D eigenvalue weighted by Crippen LogP contribution is -2.20. The molecule has 2 N–H and O–H groups in total. The number of carbonyl (C=O) groups is 2. The highest BCUT2D eigenvalue weighted by atomic mass is 16.5. The molecule has 0 atom stereocenters. The van der Waals surface area contributed by atoms with Crippen molar-refractivity contribution in [3.63, 3.8) is 0 Å². The molecule has 0 unspecified atom stereocenters. The number of nitrogens with zero attached hydrogens (tertiary/aromatic N) is 2. The Labute approximate surface area is 191 Å². The molecule has 0 saturated carbocycles. The Bertz CT molecular complexity index is 1310. The summed E-state index contributed by atoms with van der Waals surface area (Å²) >= 11 is 0. The van der Waals surface area contributed by atoms with Crippen LogP contribution in [-0.2, 0) is 11.3 Å². The minimum absolute atomic E-state index is 0.0876. The Morgan fingerprint density at radius 2 is 1.48 bits per heavy atom. The number of benzene rings is 3. The Morgan fingerprint density at radius 1 is 0.879 bits per heavy atom. The Morgan fingerprint density at radius 3 is 2.15 bits per heavy atom. The van der Waals surface area contributed by atoms with Crippen molar-refractivity contribution in [2.75, 3.05) is 24.9 Å². The van der Waals surface area contributed by atoms with Crippen molar-refractivity contribution >= 4 is 34.2 Å². The number of aromatic nitrogens is 2. The quantitative estimate of drug-likeness (QED) is 0.444. The van der Waals surface area contributed by atoms with Gasteiger partial charge in [0.15, 0.2) is 0 Å². The zero-order valence-electron chi connectivity index (χ0n) is 18.6. The molecule has 8 nitrogen and oxygen atoms in total.